The van der Waals surface area contributed by atoms with Crippen LogP contribution in [-0.4, -0.2) is 36.6 Å². The summed E-state index contributed by atoms with van der Waals surface area (Å²) in [7, 11) is 1.54. The standard InChI is InChI=1S/C18H17BrN2O7/c1-11(28-14-6-4-13(26-2)5-7-14)18(23)27-10-17(22)20-16-8-3-12(21(24)25)9-15(16)19/h3-9,11H,10H2,1-2H3,(H,20,22). The van der Waals surface area contributed by atoms with Crippen molar-refractivity contribution in [2.45, 2.75) is 13.0 Å². The van der Waals surface area contributed by atoms with E-state index < -0.39 is 29.5 Å². The first-order valence-electron chi connectivity index (χ1n) is 8.01. The van der Waals surface area contributed by atoms with Gasteiger partial charge in [0.2, 0.25) is 0 Å². The van der Waals surface area contributed by atoms with Crippen molar-refractivity contribution < 1.29 is 28.7 Å². The summed E-state index contributed by atoms with van der Waals surface area (Å²) < 4.78 is 15.7. The van der Waals surface area contributed by atoms with Crippen molar-refractivity contribution in [2.24, 2.45) is 0 Å². The van der Waals surface area contributed by atoms with Gasteiger partial charge in [-0.1, -0.05) is 0 Å². The number of hydrogen-bond donors (Lipinski definition) is 1. The number of carbonyl (C=O) groups excluding carboxylic acids is 2. The molecule has 2 rings (SSSR count). The van der Waals surface area contributed by atoms with E-state index in [1.807, 2.05) is 0 Å². The molecule has 28 heavy (non-hydrogen) atoms. The largest absolute Gasteiger partial charge is 0.497 e. The van der Waals surface area contributed by atoms with Gasteiger partial charge in [0, 0.05) is 16.6 Å². The molecule has 1 atom stereocenters. The molecule has 0 radical (unpaired) electrons. The first-order valence-corrected chi connectivity index (χ1v) is 8.80. The van der Waals surface area contributed by atoms with E-state index in [1.54, 1.807) is 24.3 Å². The zero-order valence-corrected chi connectivity index (χ0v) is 16.6. The summed E-state index contributed by atoms with van der Waals surface area (Å²) >= 11 is 3.14. The number of ether oxygens (including phenoxy) is 3. The number of nitrogens with zero attached hydrogens (tertiary/aromatic N) is 1. The fourth-order valence-electron chi connectivity index (χ4n) is 2.07. The van der Waals surface area contributed by atoms with Crippen LogP contribution in [0, 0.1) is 10.1 Å². The first-order chi connectivity index (χ1) is 13.3. The van der Waals surface area contributed by atoms with Crippen LogP contribution in [0.5, 0.6) is 11.5 Å². The average molecular weight is 453 g/mol. The van der Waals surface area contributed by atoms with Crippen molar-refractivity contribution in [3.63, 3.8) is 0 Å². The third-order valence-electron chi connectivity index (χ3n) is 3.49. The Kier molecular flexibility index (Phi) is 7.33. The number of benzene rings is 2. The molecule has 1 amide bonds. The smallest absolute Gasteiger partial charge is 0.347 e. The zero-order valence-electron chi connectivity index (χ0n) is 15.0. The average Bonchev–Trinajstić information content (AvgIpc) is 2.68. The molecule has 9 nitrogen and oxygen atoms in total. The zero-order chi connectivity index (χ0) is 20.7. The van der Waals surface area contributed by atoms with Crippen molar-refractivity contribution in [3.8, 4) is 11.5 Å². The molecule has 0 aliphatic heterocycles. The van der Waals surface area contributed by atoms with Crippen molar-refractivity contribution in [3.05, 3.63) is 57.1 Å². The van der Waals surface area contributed by atoms with Gasteiger partial charge in [-0.05, 0) is 53.2 Å². The molecule has 0 heterocycles. The van der Waals surface area contributed by atoms with Crippen LogP contribution in [0.1, 0.15) is 6.92 Å². The maximum absolute atomic E-state index is 12.0. The van der Waals surface area contributed by atoms with Crippen molar-refractivity contribution in [2.75, 3.05) is 19.0 Å². The molecule has 148 valence electrons. The van der Waals surface area contributed by atoms with E-state index in [2.05, 4.69) is 21.2 Å². The molecule has 2 aromatic rings. The Bertz CT molecular complexity index is 871. The number of carbonyl (C=O) groups is 2. The van der Waals surface area contributed by atoms with Gasteiger partial charge in [-0.3, -0.25) is 14.9 Å². The molecule has 0 aromatic heterocycles. The molecule has 1 unspecified atom stereocenters. The number of non-ortho nitro benzene ring substituents is 1. The molecular weight excluding hydrogens is 436 g/mol. The monoisotopic (exact) mass is 452 g/mol. The summed E-state index contributed by atoms with van der Waals surface area (Å²) in [5, 5.41) is 13.2. The Morgan fingerprint density at radius 3 is 2.39 bits per heavy atom. The Balaban J connectivity index is 1.84. The summed E-state index contributed by atoms with van der Waals surface area (Å²) in [6.07, 6.45) is -0.924. The number of anilines is 1. The van der Waals surface area contributed by atoms with Gasteiger partial charge >= 0.3 is 5.97 Å². The summed E-state index contributed by atoms with van der Waals surface area (Å²) in [4.78, 5) is 34.1. The van der Waals surface area contributed by atoms with Crippen LogP contribution in [0.25, 0.3) is 0 Å². The van der Waals surface area contributed by atoms with Crippen molar-refractivity contribution in [1.82, 2.24) is 0 Å². The highest BCUT2D eigenvalue weighted by Gasteiger charge is 2.18. The lowest BCUT2D eigenvalue weighted by atomic mass is 10.3. The van der Waals surface area contributed by atoms with E-state index in [9.17, 15) is 19.7 Å². The van der Waals surface area contributed by atoms with E-state index in [4.69, 9.17) is 14.2 Å². The molecule has 0 aliphatic rings. The highest BCUT2D eigenvalue weighted by molar-refractivity contribution is 9.10. The third-order valence-corrected chi connectivity index (χ3v) is 4.14. The molecular formula is C18H17BrN2O7. The van der Waals surface area contributed by atoms with Crippen LogP contribution < -0.4 is 14.8 Å². The van der Waals surface area contributed by atoms with Crippen molar-refractivity contribution in [1.29, 1.82) is 0 Å². The Labute approximate surface area is 168 Å². The molecule has 0 saturated heterocycles. The van der Waals surface area contributed by atoms with Crippen LogP contribution in [-0.2, 0) is 14.3 Å². The normalized spacial score (nSPS) is 11.2. The van der Waals surface area contributed by atoms with Gasteiger partial charge in [0.05, 0.1) is 17.7 Å². The second-order valence-corrected chi connectivity index (χ2v) is 6.37. The molecule has 10 heteroatoms. The molecule has 1 N–H and O–H groups in total. The van der Waals surface area contributed by atoms with Crippen LogP contribution in [0.4, 0.5) is 11.4 Å². The van der Waals surface area contributed by atoms with Gasteiger partial charge in [0.25, 0.3) is 11.6 Å². The molecule has 0 fully saturated rings. The number of amides is 1. The predicted octanol–water partition coefficient (Wildman–Crippen LogP) is 3.32. The second-order valence-electron chi connectivity index (χ2n) is 5.51. The minimum Gasteiger partial charge on any atom is -0.497 e. The highest BCUT2D eigenvalue weighted by atomic mass is 79.9. The van der Waals surface area contributed by atoms with Gasteiger partial charge in [0.1, 0.15) is 11.5 Å². The molecule has 0 spiro atoms. The Hall–Kier alpha value is -3.14. The lowest BCUT2D eigenvalue weighted by molar-refractivity contribution is -0.384. The van der Waals surface area contributed by atoms with E-state index in [1.165, 1.54) is 32.2 Å². The van der Waals surface area contributed by atoms with Gasteiger partial charge in [-0.2, -0.15) is 0 Å². The SMILES string of the molecule is COc1ccc(OC(C)C(=O)OCC(=O)Nc2ccc([N+](=O)[O-])cc2Br)cc1. The quantitative estimate of drug-likeness (QED) is 0.370. The van der Waals surface area contributed by atoms with Gasteiger partial charge < -0.3 is 19.5 Å². The Morgan fingerprint density at radius 2 is 1.82 bits per heavy atom. The van der Waals surface area contributed by atoms with E-state index >= 15 is 0 Å². The first kappa shape index (κ1) is 21.2. The number of nitro groups is 1. The number of esters is 1. The fourth-order valence-corrected chi connectivity index (χ4v) is 2.53. The molecule has 0 bridgehead atoms. The highest BCUT2D eigenvalue weighted by Crippen LogP contribution is 2.27. The third kappa shape index (κ3) is 5.95. The number of halogens is 1. The summed E-state index contributed by atoms with van der Waals surface area (Å²) in [5.74, 6) is -0.213. The minimum atomic E-state index is -0.924. The number of methoxy groups -OCH3 is 1. The van der Waals surface area contributed by atoms with Gasteiger partial charge in [-0.15, -0.1) is 0 Å². The van der Waals surface area contributed by atoms with Crippen molar-refractivity contribution >= 4 is 39.2 Å². The topological polar surface area (TPSA) is 117 Å². The number of nitro benzene ring substituents is 1. The van der Waals surface area contributed by atoms with Crippen LogP contribution >= 0.6 is 15.9 Å². The minimum absolute atomic E-state index is 0.124. The van der Waals surface area contributed by atoms with E-state index in [0.717, 1.165) is 0 Å². The second kappa shape index (κ2) is 9.70. The molecule has 0 saturated carbocycles. The summed E-state index contributed by atoms with van der Waals surface area (Å²) in [6, 6.07) is 10.5. The molecule has 2 aromatic carbocycles. The maximum atomic E-state index is 12.0. The summed E-state index contributed by atoms with van der Waals surface area (Å²) in [6.45, 7) is 0.968. The summed E-state index contributed by atoms with van der Waals surface area (Å²) in [5.41, 5.74) is 0.190. The van der Waals surface area contributed by atoms with Crippen LogP contribution in [0.3, 0.4) is 0 Å². The van der Waals surface area contributed by atoms with E-state index in [0.29, 0.717) is 21.7 Å². The predicted molar refractivity (Wildman–Crippen MR) is 103 cm³/mol. The number of rotatable bonds is 8. The van der Waals surface area contributed by atoms with Crippen LogP contribution in [0.15, 0.2) is 46.9 Å². The lowest BCUT2D eigenvalue weighted by Crippen LogP contribution is -2.29. The van der Waals surface area contributed by atoms with Crippen LogP contribution in [0.2, 0.25) is 0 Å². The maximum Gasteiger partial charge on any atom is 0.347 e. The number of nitrogens with one attached hydrogen (secondary N) is 1. The Morgan fingerprint density at radius 1 is 1.18 bits per heavy atom. The lowest BCUT2D eigenvalue weighted by Gasteiger charge is -2.14. The van der Waals surface area contributed by atoms with Gasteiger partial charge in [-0.25, -0.2) is 4.79 Å². The number of hydrogen-bond acceptors (Lipinski definition) is 7. The van der Waals surface area contributed by atoms with Gasteiger partial charge in [0.15, 0.2) is 12.7 Å². The fraction of sp³-hybridized carbons (Fsp3) is 0.222. The van der Waals surface area contributed by atoms with E-state index in [-0.39, 0.29) is 5.69 Å². The molecule has 0 aliphatic carbocycles.